The Morgan fingerprint density at radius 3 is 2.90 bits per heavy atom. The molecule has 3 aromatic heterocycles. The normalized spacial score (nSPS) is 10.4. The number of carbonyl (C=O) groups excluding carboxylic acids is 1. The number of amides is 1. The minimum absolute atomic E-state index is 0.124. The number of thiophene rings is 1. The molecule has 0 saturated heterocycles. The van der Waals surface area contributed by atoms with Crippen molar-refractivity contribution in [2.24, 2.45) is 0 Å². The molecule has 0 bridgehead atoms. The Morgan fingerprint density at radius 1 is 1.40 bits per heavy atom. The van der Waals surface area contributed by atoms with Crippen LogP contribution in [0, 0.1) is 2.88 Å². The van der Waals surface area contributed by atoms with Crippen LogP contribution in [0.5, 0.6) is 0 Å². The highest BCUT2D eigenvalue weighted by Gasteiger charge is 2.08. The number of halogens is 1. The molecule has 0 spiro atoms. The summed E-state index contributed by atoms with van der Waals surface area (Å²) < 4.78 is 2.88. The van der Waals surface area contributed by atoms with Crippen LogP contribution in [-0.2, 0) is 0 Å². The summed E-state index contributed by atoms with van der Waals surface area (Å²) in [5, 5.41) is 4.66. The molecule has 0 atom stereocenters. The summed E-state index contributed by atoms with van der Waals surface area (Å²) in [5.74, 6) is 0.631. The molecule has 0 aliphatic carbocycles. The number of nitrogens with zero attached hydrogens (tertiary/aromatic N) is 3. The highest BCUT2D eigenvalue weighted by Crippen LogP contribution is 2.18. The Labute approximate surface area is 132 Å². The van der Waals surface area contributed by atoms with E-state index < -0.39 is 0 Å². The fraction of sp³-hybridized carbons (Fsp3) is 0. The Balaban J connectivity index is 1.74. The van der Waals surface area contributed by atoms with E-state index in [0.29, 0.717) is 11.3 Å². The van der Waals surface area contributed by atoms with Crippen LogP contribution in [0.2, 0.25) is 0 Å². The lowest BCUT2D eigenvalue weighted by Crippen LogP contribution is -2.11. The second kappa shape index (κ2) is 5.71. The van der Waals surface area contributed by atoms with Crippen LogP contribution in [0.25, 0.3) is 5.82 Å². The van der Waals surface area contributed by atoms with Crippen LogP contribution in [0.15, 0.2) is 48.5 Å². The van der Waals surface area contributed by atoms with Gasteiger partial charge in [-0.15, -0.1) is 11.3 Å². The lowest BCUT2D eigenvalue weighted by Gasteiger charge is -2.05. The Kier molecular flexibility index (Phi) is 3.79. The summed E-state index contributed by atoms with van der Waals surface area (Å²) >= 11 is 3.74. The molecule has 100 valence electrons. The molecular formula is C13H9IN4OS. The first-order chi connectivity index (χ1) is 9.72. The monoisotopic (exact) mass is 396 g/mol. The standard InChI is InChI=1S/C13H9IN4OS/c14-11-5-9(7-20-11)13(19)17-10-1-2-12(16-6-10)18-4-3-15-8-18/h1-8H,(H,17,19). The summed E-state index contributed by atoms with van der Waals surface area (Å²) in [5.41, 5.74) is 1.33. The van der Waals surface area contributed by atoms with E-state index in [1.165, 1.54) is 0 Å². The summed E-state index contributed by atoms with van der Waals surface area (Å²) in [4.78, 5) is 20.2. The number of hydrogen-bond donors (Lipinski definition) is 1. The summed E-state index contributed by atoms with van der Waals surface area (Å²) in [6.45, 7) is 0. The number of hydrogen-bond acceptors (Lipinski definition) is 4. The maximum absolute atomic E-state index is 12.0. The van der Waals surface area contributed by atoms with Gasteiger partial charge >= 0.3 is 0 Å². The van der Waals surface area contributed by atoms with E-state index >= 15 is 0 Å². The van der Waals surface area contributed by atoms with Gasteiger partial charge in [0.2, 0.25) is 0 Å². The highest BCUT2D eigenvalue weighted by molar-refractivity contribution is 14.1. The van der Waals surface area contributed by atoms with Crippen LogP contribution in [0.4, 0.5) is 5.69 Å². The van der Waals surface area contributed by atoms with Crippen molar-refractivity contribution in [2.75, 3.05) is 5.32 Å². The lowest BCUT2D eigenvalue weighted by atomic mass is 10.3. The molecule has 5 nitrogen and oxygen atoms in total. The fourth-order valence-corrected chi connectivity index (χ4v) is 2.97. The predicted molar refractivity (Wildman–Crippen MR) is 86.3 cm³/mol. The van der Waals surface area contributed by atoms with Crippen molar-refractivity contribution < 1.29 is 4.79 Å². The van der Waals surface area contributed by atoms with Gasteiger partial charge in [0.05, 0.1) is 20.3 Å². The lowest BCUT2D eigenvalue weighted by molar-refractivity contribution is 0.102. The van der Waals surface area contributed by atoms with E-state index in [-0.39, 0.29) is 5.91 Å². The van der Waals surface area contributed by atoms with Crippen LogP contribution in [0.1, 0.15) is 10.4 Å². The van der Waals surface area contributed by atoms with Crippen molar-refractivity contribution in [3.05, 3.63) is 56.9 Å². The van der Waals surface area contributed by atoms with Gasteiger partial charge in [-0.3, -0.25) is 9.36 Å². The van der Waals surface area contributed by atoms with Gasteiger partial charge in [-0.05, 0) is 40.8 Å². The molecule has 0 aliphatic heterocycles. The van der Waals surface area contributed by atoms with Gasteiger partial charge in [-0.1, -0.05) is 0 Å². The van der Waals surface area contributed by atoms with Crippen LogP contribution < -0.4 is 5.32 Å². The first-order valence-corrected chi connectivity index (χ1v) is 7.68. The fourth-order valence-electron chi connectivity index (χ4n) is 1.64. The van der Waals surface area contributed by atoms with Crippen molar-refractivity contribution in [1.82, 2.24) is 14.5 Å². The smallest absolute Gasteiger partial charge is 0.256 e. The molecule has 1 amide bonds. The Morgan fingerprint density at radius 2 is 2.30 bits per heavy atom. The minimum Gasteiger partial charge on any atom is -0.321 e. The zero-order valence-electron chi connectivity index (χ0n) is 10.2. The zero-order valence-corrected chi connectivity index (χ0v) is 13.1. The molecule has 0 aromatic carbocycles. The molecule has 0 aliphatic rings. The first kappa shape index (κ1) is 13.3. The third kappa shape index (κ3) is 2.88. The number of pyridine rings is 1. The number of imidazole rings is 1. The third-order valence-corrected chi connectivity index (χ3v) is 4.39. The minimum atomic E-state index is -0.124. The molecule has 0 fully saturated rings. The average Bonchev–Trinajstić information content (AvgIpc) is 3.10. The van der Waals surface area contributed by atoms with E-state index in [1.54, 1.807) is 34.6 Å². The van der Waals surface area contributed by atoms with Gasteiger partial charge in [-0.25, -0.2) is 9.97 Å². The molecule has 7 heteroatoms. The summed E-state index contributed by atoms with van der Waals surface area (Å²) in [6, 6.07) is 5.50. The van der Waals surface area contributed by atoms with Crippen molar-refractivity contribution >= 4 is 45.5 Å². The number of nitrogens with one attached hydrogen (secondary N) is 1. The molecule has 1 N–H and O–H groups in total. The van der Waals surface area contributed by atoms with E-state index in [1.807, 2.05) is 29.8 Å². The van der Waals surface area contributed by atoms with Gasteiger partial charge in [0.15, 0.2) is 0 Å². The molecule has 0 saturated carbocycles. The molecule has 3 rings (SSSR count). The van der Waals surface area contributed by atoms with Crippen molar-refractivity contribution in [2.45, 2.75) is 0 Å². The molecule has 0 unspecified atom stereocenters. The quantitative estimate of drug-likeness (QED) is 0.692. The maximum Gasteiger partial charge on any atom is 0.256 e. The largest absolute Gasteiger partial charge is 0.321 e. The van der Waals surface area contributed by atoms with E-state index in [2.05, 4.69) is 37.9 Å². The van der Waals surface area contributed by atoms with E-state index in [9.17, 15) is 4.79 Å². The summed E-state index contributed by atoms with van der Waals surface area (Å²) in [7, 11) is 0. The highest BCUT2D eigenvalue weighted by atomic mass is 127. The number of rotatable bonds is 3. The predicted octanol–water partition coefficient (Wildman–Crippen LogP) is 3.19. The van der Waals surface area contributed by atoms with E-state index in [4.69, 9.17) is 0 Å². The third-order valence-electron chi connectivity index (χ3n) is 2.60. The Bertz CT molecular complexity index is 721. The van der Waals surface area contributed by atoms with Crippen molar-refractivity contribution in [3.63, 3.8) is 0 Å². The number of carbonyl (C=O) groups is 1. The Hall–Kier alpha value is -1.74. The second-order valence-corrected chi connectivity index (χ2v) is 6.77. The SMILES string of the molecule is O=C(Nc1ccc(-n2ccnc2)nc1)c1csc(I)c1. The van der Waals surface area contributed by atoms with Gasteiger partial charge in [0.25, 0.3) is 5.91 Å². The number of anilines is 1. The molecule has 3 aromatic rings. The van der Waals surface area contributed by atoms with Gasteiger partial charge in [0, 0.05) is 17.8 Å². The topological polar surface area (TPSA) is 59.8 Å². The molecular weight excluding hydrogens is 387 g/mol. The van der Waals surface area contributed by atoms with Crippen LogP contribution >= 0.6 is 33.9 Å². The van der Waals surface area contributed by atoms with Gasteiger partial charge in [-0.2, -0.15) is 0 Å². The molecule has 0 radical (unpaired) electrons. The first-order valence-electron chi connectivity index (χ1n) is 5.72. The summed E-state index contributed by atoms with van der Waals surface area (Å²) in [6.07, 6.45) is 6.81. The van der Waals surface area contributed by atoms with Crippen LogP contribution in [-0.4, -0.2) is 20.4 Å². The molecule has 20 heavy (non-hydrogen) atoms. The zero-order chi connectivity index (χ0) is 13.9. The van der Waals surface area contributed by atoms with Crippen LogP contribution in [0.3, 0.4) is 0 Å². The second-order valence-electron chi connectivity index (χ2n) is 3.97. The maximum atomic E-state index is 12.0. The van der Waals surface area contributed by atoms with Crippen molar-refractivity contribution in [3.8, 4) is 5.82 Å². The van der Waals surface area contributed by atoms with Gasteiger partial charge in [0.1, 0.15) is 12.1 Å². The average molecular weight is 396 g/mol. The number of aromatic nitrogens is 3. The van der Waals surface area contributed by atoms with Crippen molar-refractivity contribution in [1.29, 1.82) is 0 Å². The van der Waals surface area contributed by atoms with E-state index in [0.717, 1.165) is 8.70 Å². The molecule has 3 heterocycles. The van der Waals surface area contributed by atoms with Gasteiger partial charge < -0.3 is 5.32 Å².